The molecule has 0 atom stereocenters. The van der Waals surface area contributed by atoms with Gasteiger partial charge in [0.05, 0.1) is 16.5 Å². The number of carboxylic acids is 1. The minimum absolute atomic E-state index is 0.0400. The highest BCUT2D eigenvalue weighted by Crippen LogP contribution is 2.17. The van der Waals surface area contributed by atoms with E-state index < -0.39 is 5.97 Å². The largest absolute Gasteiger partial charge is 0.478 e. The lowest BCUT2D eigenvalue weighted by Gasteiger charge is -2.07. The van der Waals surface area contributed by atoms with Crippen molar-refractivity contribution in [1.29, 1.82) is 0 Å². The Morgan fingerprint density at radius 3 is 2.69 bits per heavy atom. The molecule has 84 valence electrons. The molecular formula is C11H12N2O3. The Morgan fingerprint density at radius 1 is 1.44 bits per heavy atom. The molecule has 5 heteroatoms. The molecule has 0 aliphatic rings. The molecule has 16 heavy (non-hydrogen) atoms. The van der Waals surface area contributed by atoms with Gasteiger partial charge in [-0.25, -0.2) is 4.79 Å². The van der Waals surface area contributed by atoms with E-state index in [9.17, 15) is 9.59 Å². The monoisotopic (exact) mass is 220 g/mol. The highest BCUT2D eigenvalue weighted by Gasteiger charge is 2.15. The zero-order valence-corrected chi connectivity index (χ0v) is 9.02. The van der Waals surface area contributed by atoms with Crippen LogP contribution in [-0.4, -0.2) is 20.9 Å². The maximum atomic E-state index is 11.7. The van der Waals surface area contributed by atoms with Crippen LogP contribution in [0.4, 0.5) is 0 Å². The molecule has 5 nitrogen and oxygen atoms in total. The molecule has 1 aromatic carbocycles. The lowest BCUT2D eigenvalue weighted by atomic mass is 10.1. The number of aromatic carboxylic acids is 1. The molecule has 2 N–H and O–H groups in total. The van der Waals surface area contributed by atoms with Crippen LogP contribution in [0.1, 0.15) is 30.2 Å². The van der Waals surface area contributed by atoms with Crippen molar-refractivity contribution in [1.82, 2.24) is 9.78 Å². The van der Waals surface area contributed by atoms with Crippen LogP contribution < -0.4 is 5.56 Å². The van der Waals surface area contributed by atoms with E-state index in [0.29, 0.717) is 5.52 Å². The summed E-state index contributed by atoms with van der Waals surface area (Å²) < 4.78 is 1.67. The number of carbonyl (C=O) groups is 1. The van der Waals surface area contributed by atoms with Crippen molar-refractivity contribution in [3.8, 4) is 0 Å². The maximum absolute atomic E-state index is 11.7. The molecule has 0 amide bonds. The average Bonchev–Trinajstić information content (AvgIpc) is 2.56. The first-order valence-corrected chi connectivity index (χ1v) is 4.99. The Bertz CT molecular complexity index is 607. The molecule has 0 fully saturated rings. The van der Waals surface area contributed by atoms with Crippen LogP contribution in [-0.2, 0) is 0 Å². The number of H-pyrrole nitrogens is 1. The summed E-state index contributed by atoms with van der Waals surface area (Å²) in [6.07, 6.45) is 0. The van der Waals surface area contributed by atoms with Crippen molar-refractivity contribution in [2.45, 2.75) is 19.9 Å². The van der Waals surface area contributed by atoms with Crippen molar-refractivity contribution in [3.63, 3.8) is 0 Å². The summed E-state index contributed by atoms with van der Waals surface area (Å²) in [4.78, 5) is 22.7. The van der Waals surface area contributed by atoms with Gasteiger partial charge in [-0.3, -0.25) is 14.6 Å². The second-order valence-corrected chi connectivity index (χ2v) is 3.91. The van der Waals surface area contributed by atoms with Crippen LogP contribution >= 0.6 is 0 Å². The first-order chi connectivity index (χ1) is 7.52. The van der Waals surface area contributed by atoms with Crippen LogP contribution in [0, 0.1) is 0 Å². The third kappa shape index (κ3) is 1.41. The lowest BCUT2D eigenvalue weighted by Crippen LogP contribution is -2.08. The van der Waals surface area contributed by atoms with Gasteiger partial charge < -0.3 is 5.11 Å². The van der Waals surface area contributed by atoms with E-state index in [4.69, 9.17) is 5.11 Å². The molecule has 1 heterocycles. The van der Waals surface area contributed by atoms with Gasteiger partial charge in [-0.1, -0.05) is 6.07 Å². The number of rotatable bonds is 2. The number of fused-ring (bicyclic) bond motifs is 1. The Hall–Kier alpha value is -2.04. The van der Waals surface area contributed by atoms with Crippen LogP contribution in [0.5, 0.6) is 0 Å². The molecule has 0 saturated heterocycles. The van der Waals surface area contributed by atoms with Crippen molar-refractivity contribution in [2.75, 3.05) is 0 Å². The molecule has 0 bridgehead atoms. The molecule has 1 aromatic heterocycles. The zero-order chi connectivity index (χ0) is 11.9. The summed E-state index contributed by atoms with van der Waals surface area (Å²) in [6.45, 7) is 3.84. The minimum atomic E-state index is -1.09. The van der Waals surface area contributed by atoms with Crippen molar-refractivity contribution in [2.24, 2.45) is 0 Å². The van der Waals surface area contributed by atoms with E-state index in [2.05, 4.69) is 5.10 Å². The van der Waals surface area contributed by atoms with Crippen molar-refractivity contribution < 1.29 is 9.90 Å². The molecule has 2 rings (SSSR count). The van der Waals surface area contributed by atoms with Crippen LogP contribution in [0.2, 0.25) is 0 Å². The quantitative estimate of drug-likeness (QED) is 0.807. The van der Waals surface area contributed by atoms with Gasteiger partial charge >= 0.3 is 5.97 Å². The van der Waals surface area contributed by atoms with Gasteiger partial charge in [0.1, 0.15) is 0 Å². The van der Waals surface area contributed by atoms with Crippen molar-refractivity contribution >= 4 is 16.9 Å². The highest BCUT2D eigenvalue weighted by molar-refractivity contribution is 6.02. The maximum Gasteiger partial charge on any atom is 0.336 e. The molecule has 0 radical (unpaired) electrons. The fourth-order valence-electron chi connectivity index (χ4n) is 1.79. The van der Waals surface area contributed by atoms with Crippen LogP contribution in [0.25, 0.3) is 10.9 Å². The first kappa shape index (κ1) is 10.5. The van der Waals surface area contributed by atoms with E-state index in [1.54, 1.807) is 16.8 Å². The number of nitrogens with one attached hydrogen (secondary N) is 1. The predicted octanol–water partition coefficient (Wildman–Crippen LogP) is 1.61. The summed E-state index contributed by atoms with van der Waals surface area (Å²) in [5.41, 5.74) is 0.305. The molecule has 0 spiro atoms. The second kappa shape index (κ2) is 3.52. The fourth-order valence-corrected chi connectivity index (χ4v) is 1.79. The normalized spacial score (nSPS) is 11.2. The van der Waals surface area contributed by atoms with Crippen molar-refractivity contribution in [3.05, 3.63) is 34.1 Å². The van der Waals surface area contributed by atoms with E-state index in [0.717, 1.165) is 0 Å². The number of carboxylic acid groups (broad SMARTS) is 1. The molecule has 0 unspecified atom stereocenters. The standard InChI is InChI=1S/C11H12N2O3/c1-6(2)13-8-5-3-4-7(11(15)16)9(8)10(14)12-13/h3-6H,1-2H3,(H,12,14)(H,15,16). The third-order valence-corrected chi connectivity index (χ3v) is 2.50. The zero-order valence-electron chi connectivity index (χ0n) is 9.02. The van der Waals surface area contributed by atoms with Gasteiger partial charge in [-0.2, -0.15) is 0 Å². The molecular weight excluding hydrogens is 208 g/mol. The van der Waals surface area contributed by atoms with Gasteiger partial charge in [0.2, 0.25) is 0 Å². The minimum Gasteiger partial charge on any atom is -0.478 e. The Labute approximate surface area is 91.3 Å². The fraction of sp³-hybridized carbons (Fsp3) is 0.273. The summed E-state index contributed by atoms with van der Waals surface area (Å²) in [5, 5.41) is 11.9. The second-order valence-electron chi connectivity index (χ2n) is 3.91. The highest BCUT2D eigenvalue weighted by atomic mass is 16.4. The van der Waals surface area contributed by atoms with Gasteiger partial charge in [-0.15, -0.1) is 0 Å². The number of nitrogens with zero attached hydrogens (tertiary/aromatic N) is 1. The summed E-state index contributed by atoms with van der Waals surface area (Å²) in [7, 11) is 0. The molecule has 2 aromatic rings. The topological polar surface area (TPSA) is 75.1 Å². The van der Waals surface area contributed by atoms with E-state index in [1.165, 1.54) is 6.07 Å². The number of benzene rings is 1. The SMILES string of the molecule is CC(C)n1[nH]c(=O)c2c(C(=O)O)cccc21. The predicted molar refractivity (Wildman–Crippen MR) is 59.9 cm³/mol. The number of hydrogen-bond donors (Lipinski definition) is 2. The number of aromatic nitrogens is 2. The third-order valence-electron chi connectivity index (χ3n) is 2.50. The first-order valence-electron chi connectivity index (χ1n) is 4.99. The van der Waals surface area contributed by atoms with Gasteiger partial charge in [0, 0.05) is 6.04 Å². The Kier molecular flexibility index (Phi) is 2.30. The number of aromatic amines is 1. The molecule has 0 saturated carbocycles. The summed E-state index contributed by atoms with van der Waals surface area (Å²) in [6, 6.07) is 4.89. The Balaban J connectivity index is 2.90. The molecule has 0 aliphatic carbocycles. The van der Waals surface area contributed by atoms with E-state index in [1.807, 2.05) is 13.8 Å². The van der Waals surface area contributed by atoms with Gasteiger partial charge in [0.25, 0.3) is 5.56 Å². The number of hydrogen-bond acceptors (Lipinski definition) is 2. The summed E-state index contributed by atoms with van der Waals surface area (Å²) in [5.74, 6) is -1.09. The van der Waals surface area contributed by atoms with Crippen LogP contribution in [0.3, 0.4) is 0 Å². The van der Waals surface area contributed by atoms with Crippen LogP contribution in [0.15, 0.2) is 23.0 Å². The lowest BCUT2D eigenvalue weighted by molar-refractivity contribution is 0.0699. The summed E-state index contributed by atoms with van der Waals surface area (Å²) >= 11 is 0. The average molecular weight is 220 g/mol. The molecule has 0 aliphatic heterocycles. The smallest absolute Gasteiger partial charge is 0.336 e. The van der Waals surface area contributed by atoms with E-state index in [-0.39, 0.29) is 22.6 Å². The van der Waals surface area contributed by atoms with Gasteiger partial charge in [-0.05, 0) is 26.0 Å². The van der Waals surface area contributed by atoms with Gasteiger partial charge in [0.15, 0.2) is 0 Å². The Morgan fingerprint density at radius 2 is 2.12 bits per heavy atom. The van der Waals surface area contributed by atoms with E-state index >= 15 is 0 Å².